The molecule has 1 aliphatic heterocycles. The Hall–Kier alpha value is -7.38. The van der Waals surface area contributed by atoms with Crippen molar-refractivity contribution in [2.45, 2.75) is 207 Å². The maximum atomic E-state index is 15.1. The van der Waals surface area contributed by atoms with Crippen LogP contribution in [0.4, 0.5) is 0 Å². The van der Waals surface area contributed by atoms with Gasteiger partial charge in [-0.2, -0.15) is 0 Å². The number of cyclic esters (lactones) is 4. The van der Waals surface area contributed by atoms with Gasteiger partial charge in [0.15, 0.2) is 24.4 Å². The number of hydrogen-bond donors (Lipinski definition) is 0. The number of likely N-dealkylation sites (N-methyl/N-ethyl adjacent to an activating group) is 4. The van der Waals surface area contributed by atoms with Crippen molar-refractivity contribution in [1.29, 1.82) is 0 Å². The normalized spacial score (nSPS) is 24.2. The van der Waals surface area contributed by atoms with Gasteiger partial charge in [0.05, 0.1) is 11.4 Å². The molecule has 0 bridgehead atoms. The zero-order valence-electron chi connectivity index (χ0n) is 52.7. The molecule has 86 heavy (non-hydrogen) atoms. The van der Waals surface area contributed by atoms with E-state index >= 15 is 9.59 Å². The zero-order chi connectivity index (χ0) is 62.8. The summed E-state index contributed by atoms with van der Waals surface area (Å²) in [6.07, 6.45) is -0.725. The second-order valence-corrected chi connectivity index (χ2v) is 25.8. The summed E-state index contributed by atoms with van der Waals surface area (Å²) >= 11 is 0. The van der Waals surface area contributed by atoms with Gasteiger partial charge in [0, 0.05) is 77.8 Å². The molecule has 0 unspecified atom stereocenters. The molecule has 0 radical (unpaired) electrons. The molecule has 0 N–H and O–H groups in total. The fourth-order valence-electron chi connectivity index (χ4n) is 10.9. The zero-order valence-corrected chi connectivity index (χ0v) is 52.7. The van der Waals surface area contributed by atoms with Crippen LogP contribution in [0.2, 0.25) is 0 Å². The summed E-state index contributed by atoms with van der Waals surface area (Å²) in [6, 6.07) is 13.5. The fourth-order valence-corrected chi connectivity index (χ4v) is 10.9. The van der Waals surface area contributed by atoms with Crippen LogP contribution in [0.25, 0.3) is 0 Å². The van der Waals surface area contributed by atoms with E-state index in [4.69, 9.17) is 28.0 Å². The maximum absolute atomic E-state index is 15.1. The third kappa shape index (κ3) is 17.9. The first-order valence-corrected chi connectivity index (χ1v) is 30.6. The summed E-state index contributed by atoms with van der Waals surface area (Å²) in [5.74, 6) is -5.17. The van der Waals surface area contributed by atoms with Gasteiger partial charge in [-0.3, -0.25) is 19.2 Å². The number of esters is 4. The molecule has 3 heterocycles. The highest BCUT2D eigenvalue weighted by Crippen LogP contribution is 2.40. The lowest BCUT2D eigenvalue weighted by Crippen LogP contribution is -2.55. The van der Waals surface area contributed by atoms with Crippen LogP contribution in [0.15, 0.2) is 69.7 Å². The molecule has 7 rings (SSSR count). The largest absolute Gasteiger partial charge is 0.451 e. The highest BCUT2D eigenvalue weighted by atomic mass is 16.6. The molecule has 3 fully saturated rings. The van der Waals surface area contributed by atoms with Crippen molar-refractivity contribution in [2.24, 2.45) is 23.7 Å². The summed E-state index contributed by atoms with van der Waals surface area (Å²) in [6.45, 7) is 17.6. The van der Waals surface area contributed by atoms with Crippen LogP contribution in [-0.2, 0) is 83.0 Å². The quantitative estimate of drug-likeness (QED) is 0.0669. The summed E-state index contributed by atoms with van der Waals surface area (Å²) in [5, 5.41) is 8.46. The third-order valence-corrected chi connectivity index (χ3v) is 16.3. The number of carbonyl (C=O) groups is 8. The number of amides is 4. The molecule has 4 aromatic rings. The van der Waals surface area contributed by atoms with E-state index in [9.17, 15) is 28.8 Å². The Morgan fingerprint density at radius 2 is 0.674 bits per heavy atom. The van der Waals surface area contributed by atoms with Crippen LogP contribution in [0, 0.1) is 23.7 Å². The molecule has 4 amide bonds. The summed E-state index contributed by atoms with van der Waals surface area (Å²) < 4.78 is 35.6. The van der Waals surface area contributed by atoms with Gasteiger partial charge in [0.25, 0.3) is 23.6 Å². The second-order valence-electron chi connectivity index (χ2n) is 25.8. The van der Waals surface area contributed by atoms with E-state index in [1.165, 1.54) is 51.8 Å². The molecule has 0 spiro atoms. The lowest BCUT2D eigenvalue weighted by atomic mass is 9.99. The van der Waals surface area contributed by atoms with Crippen LogP contribution >= 0.6 is 0 Å². The molecular formula is C66H90N6O14. The highest BCUT2D eigenvalue weighted by Gasteiger charge is 2.43. The van der Waals surface area contributed by atoms with Crippen molar-refractivity contribution in [1.82, 2.24) is 29.9 Å². The van der Waals surface area contributed by atoms with E-state index in [2.05, 4.69) is 10.3 Å². The van der Waals surface area contributed by atoms with Crippen molar-refractivity contribution >= 4 is 47.5 Å². The van der Waals surface area contributed by atoms with Gasteiger partial charge in [-0.25, -0.2) is 19.2 Å². The molecule has 2 aliphatic carbocycles. The predicted molar refractivity (Wildman–Crippen MR) is 318 cm³/mol. The summed E-state index contributed by atoms with van der Waals surface area (Å²) in [7, 11) is 5.59. The summed E-state index contributed by atoms with van der Waals surface area (Å²) in [4.78, 5) is 123. The number of nitrogens with zero attached hydrogens (tertiary/aromatic N) is 6. The molecule has 8 atom stereocenters. The van der Waals surface area contributed by atoms with E-state index in [1.54, 1.807) is 0 Å². The van der Waals surface area contributed by atoms with E-state index in [1.807, 2.05) is 116 Å². The number of rotatable bonds is 18. The fraction of sp³-hybridized carbons (Fsp3) is 0.606. The summed E-state index contributed by atoms with van der Waals surface area (Å²) in [5.41, 5.74) is 4.93. The van der Waals surface area contributed by atoms with E-state index in [0.29, 0.717) is 47.3 Å². The SMILES string of the molecule is CC(C)C[C@H]1C(=O)O[C@H](Cc2ccc(Cc3cc(C4CC4)no3)cc2)C(=O)N(C)[C@@H](CC(C)C)C(=O)O[C@H](C)C(=O)N(C)[C@@H](CC(C)C)C(=O)O[C@H](Cc2ccc(Cc3cc(C4CC4)no3)cc2)C(=O)N(C)[C@@H](CC(C)C)C(=O)O[C@H](C)C(=O)N1C. The van der Waals surface area contributed by atoms with Gasteiger partial charge in [-0.05, 0) is 111 Å². The lowest BCUT2D eigenvalue weighted by molar-refractivity contribution is -0.176. The van der Waals surface area contributed by atoms with Crippen molar-refractivity contribution < 1.29 is 66.3 Å². The van der Waals surface area contributed by atoms with Crippen LogP contribution in [0.5, 0.6) is 0 Å². The Balaban J connectivity index is 1.23. The third-order valence-electron chi connectivity index (χ3n) is 16.3. The molecule has 2 saturated carbocycles. The highest BCUT2D eigenvalue weighted by molar-refractivity contribution is 5.94. The minimum atomic E-state index is -1.54. The molecule has 468 valence electrons. The number of hydrogen-bond acceptors (Lipinski definition) is 16. The number of carbonyl (C=O) groups excluding carboxylic acids is 8. The number of ether oxygens (including phenoxy) is 4. The van der Waals surface area contributed by atoms with Gasteiger partial charge in [0.2, 0.25) is 0 Å². The van der Waals surface area contributed by atoms with Crippen molar-refractivity contribution in [2.75, 3.05) is 28.2 Å². The standard InChI is InChI=1S/C66H90N6O14/c1-37(2)27-53-63(77)81-41(9)59(73)69(11)56(30-40(7)8)66(80)84-58(34-46-21-17-44(18-22-46)32-50-36-52(68-86-50)48-25-26-48)62(76)72(14)54(28-38(3)4)64(78)82-42(10)60(74)70(12)55(29-39(5)6)65(79)83-57(61(75)71(53)13)33-45-19-15-43(16-20-45)31-49-35-51(67-85-49)47-23-24-47/h15-22,35-42,47-48,53-58H,23-34H2,1-14H3/t41-,42-,53+,54+,55+,56+,57-,58-/m1/s1. The molecule has 2 aromatic heterocycles. The minimum Gasteiger partial charge on any atom is -0.451 e. The molecule has 1 saturated heterocycles. The molecule has 20 nitrogen and oxygen atoms in total. The maximum Gasteiger partial charge on any atom is 0.329 e. The van der Waals surface area contributed by atoms with Gasteiger partial charge in [-0.1, -0.05) is 114 Å². The Morgan fingerprint density at radius 1 is 0.407 bits per heavy atom. The van der Waals surface area contributed by atoms with Gasteiger partial charge < -0.3 is 47.6 Å². The van der Waals surface area contributed by atoms with Gasteiger partial charge in [0.1, 0.15) is 35.7 Å². The Labute approximate surface area is 506 Å². The first-order chi connectivity index (χ1) is 40.7. The van der Waals surface area contributed by atoms with Crippen LogP contribution in [0.1, 0.15) is 178 Å². The Kier molecular flexibility index (Phi) is 22.6. The van der Waals surface area contributed by atoms with E-state index in [-0.39, 0.29) is 62.2 Å². The minimum absolute atomic E-state index is 0.0801. The van der Waals surface area contributed by atoms with E-state index in [0.717, 1.165) is 58.0 Å². The van der Waals surface area contributed by atoms with Crippen LogP contribution < -0.4 is 0 Å². The number of aromatic nitrogens is 2. The van der Waals surface area contributed by atoms with E-state index < -0.39 is 96.1 Å². The van der Waals surface area contributed by atoms with Gasteiger partial charge >= 0.3 is 23.9 Å². The number of benzene rings is 2. The monoisotopic (exact) mass is 1190 g/mol. The first kappa shape index (κ1) is 66.2. The average Bonchev–Trinajstić information content (AvgIpc) is 4.62. The Morgan fingerprint density at radius 3 is 0.953 bits per heavy atom. The molecule has 20 heteroatoms. The Bertz CT molecular complexity index is 2780. The van der Waals surface area contributed by atoms with Crippen LogP contribution in [0.3, 0.4) is 0 Å². The van der Waals surface area contributed by atoms with Crippen molar-refractivity contribution in [3.63, 3.8) is 0 Å². The average molecular weight is 1190 g/mol. The molecular weight excluding hydrogens is 1100 g/mol. The first-order valence-electron chi connectivity index (χ1n) is 30.6. The second kappa shape index (κ2) is 29.3. The molecule has 2 aromatic carbocycles. The smallest absolute Gasteiger partial charge is 0.329 e. The molecule has 3 aliphatic rings. The predicted octanol–water partition coefficient (Wildman–Crippen LogP) is 8.58. The van der Waals surface area contributed by atoms with Gasteiger partial charge in [-0.15, -0.1) is 0 Å². The van der Waals surface area contributed by atoms with Crippen molar-refractivity contribution in [3.8, 4) is 0 Å². The topological polar surface area (TPSA) is 238 Å². The lowest BCUT2D eigenvalue weighted by Gasteiger charge is -2.35. The van der Waals surface area contributed by atoms with Crippen LogP contribution in [-0.4, -0.2) is 154 Å². The van der Waals surface area contributed by atoms with Crippen molar-refractivity contribution in [3.05, 3.63) is 106 Å².